The van der Waals surface area contributed by atoms with Crippen LogP contribution in [-0.4, -0.2) is 17.1 Å². The van der Waals surface area contributed by atoms with Crippen LogP contribution in [0.2, 0.25) is 0 Å². The van der Waals surface area contributed by atoms with Crippen LogP contribution in [0.5, 0.6) is 0 Å². The number of benzene rings is 1. The van der Waals surface area contributed by atoms with E-state index in [1.165, 1.54) is 0 Å². The van der Waals surface area contributed by atoms with Crippen molar-refractivity contribution in [2.45, 2.75) is 32.2 Å². The van der Waals surface area contributed by atoms with Crippen LogP contribution in [0.4, 0.5) is 5.69 Å². The van der Waals surface area contributed by atoms with Gasteiger partial charge in [-0.2, -0.15) is 0 Å². The van der Waals surface area contributed by atoms with Gasteiger partial charge in [-0.1, -0.05) is 31.8 Å². The molecule has 0 aromatic heterocycles. The molecular weight excluding hydrogens is 214 g/mol. The number of unbranched alkanes of at least 4 members (excludes halogenated alkanes) is 1. The summed E-state index contributed by atoms with van der Waals surface area (Å²) >= 11 is 0. The van der Waals surface area contributed by atoms with Crippen LogP contribution < -0.4 is 5.32 Å². The second-order valence-corrected chi connectivity index (χ2v) is 3.90. The predicted molar refractivity (Wildman–Crippen MR) is 68.9 cm³/mol. The Morgan fingerprint density at radius 1 is 1.59 bits per heavy atom. The highest BCUT2D eigenvalue weighted by molar-refractivity contribution is 5.77. The molecule has 1 aromatic rings. The largest absolute Gasteiger partial charge is 0.480 e. The Kier molecular flexibility index (Phi) is 5.09. The minimum Gasteiger partial charge on any atom is -0.480 e. The fourth-order valence-electron chi connectivity index (χ4n) is 1.57. The van der Waals surface area contributed by atoms with Crippen molar-refractivity contribution < 1.29 is 9.90 Å². The predicted octanol–water partition coefficient (Wildman–Crippen LogP) is 2.72. The Morgan fingerprint density at radius 3 is 2.94 bits per heavy atom. The number of rotatable bonds is 6. The second-order valence-electron chi connectivity index (χ2n) is 3.90. The maximum Gasteiger partial charge on any atom is 0.326 e. The van der Waals surface area contributed by atoms with Gasteiger partial charge in [-0.25, -0.2) is 4.79 Å². The molecule has 1 unspecified atom stereocenters. The van der Waals surface area contributed by atoms with Gasteiger partial charge in [-0.05, 0) is 24.6 Å². The van der Waals surface area contributed by atoms with Crippen LogP contribution in [0.1, 0.15) is 31.7 Å². The van der Waals surface area contributed by atoms with Gasteiger partial charge in [0.2, 0.25) is 0 Å². The number of hydrogen-bond acceptors (Lipinski definition) is 2. The minimum absolute atomic E-state index is 0.553. The van der Waals surface area contributed by atoms with Crippen molar-refractivity contribution in [2.24, 2.45) is 0 Å². The third-order valence-electron chi connectivity index (χ3n) is 2.51. The molecule has 3 nitrogen and oxygen atoms in total. The summed E-state index contributed by atoms with van der Waals surface area (Å²) in [5, 5.41) is 12.1. The highest BCUT2D eigenvalue weighted by atomic mass is 16.4. The van der Waals surface area contributed by atoms with Crippen molar-refractivity contribution in [1.82, 2.24) is 0 Å². The molecule has 0 saturated carbocycles. The van der Waals surface area contributed by atoms with Crippen LogP contribution in [0.15, 0.2) is 24.3 Å². The molecule has 2 N–H and O–H groups in total. The summed E-state index contributed by atoms with van der Waals surface area (Å²) in [5.74, 6) is 1.70. The van der Waals surface area contributed by atoms with E-state index in [1.807, 2.05) is 25.1 Å². The Morgan fingerprint density at radius 2 is 2.35 bits per heavy atom. The first-order valence-corrected chi connectivity index (χ1v) is 5.73. The van der Waals surface area contributed by atoms with Crippen molar-refractivity contribution in [3.8, 4) is 12.3 Å². The van der Waals surface area contributed by atoms with E-state index in [4.69, 9.17) is 11.5 Å². The molecule has 90 valence electrons. The van der Waals surface area contributed by atoms with Gasteiger partial charge in [0.15, 0.2) is 0 Å². The van der Waals surface area contributed by atoms with Gasteiger partial charge in [0.25, 0.3) is 0 Å². The van der Waals surface area contributed by atoms with Crippen LogP contribution in [0.25, 0.3) is 0 Å². The molecule has 0 fully saturated rings. The van der Waals surface area contributed by atoms with Gasteiger partial charge in [0.1, 0.15) is 6.04 Å². The topological polar surface area (TPSA) is 49.3 Å². The first-order chi connectivity index (χ1) is 8.17. The molecule has 0 aliphatic carbocycles. The molecule has 0 saturated heterocycles. The number of carbonyl (C=O) groups is 1. The molecule has 0 spiro atoms. The molecule has 0 aliphatic rings. The van der Waals surface area contributed by atoms with E-state index in [2.05, 4.69) is 11.2 Å². The zero-order chi connectivity index (χ0) is 12.7. The summed E-state index contributed by atoms with van der Waals surface area (Å²) in [6, 6.07) is 6.68. The molecule has 17 heavy (non-hydrogen) atoms. The average molecular weight is 231 g/mol. The summed E-state index contributed by atoms with van der Waals surface area (Å²) in [4.78, 5) is 11.1. The third kappa shape index (κ3) is 4.20. The SMILES string of the molecule is C#Cc1cccc(NC(CCCC)C(=O)O)c1. The van der Waals surface area contributed by atoms with E-state index in [-0.39, 0.29) is 0 Å². The normalized spacial score (nSPS) is 11.5. The van der Waals surface area contributed by atoms with E-state index in [0.29, 0.717) is 6.42 Å². The van der Waals surface area contributed by atoms with Crippen LogP contribution in [0, 0.1) is 12.3 Å². The molecule has 1 aromatic carbocycles. The van der Waals surface area contributed by atoms with E-state index in [9.17, 15) is 4.79 Å². The molecule has 0 amide bonds. The van der Waals surface area contributed by atoms with E-state index < -0.39 is 12.0 Å². The van der Waals surface area contributed by atoms with Crippen molar-refractivity contribution in [3.05, 3.63) is 29.8 Å². The van der Waals surface area contributed by atoms with Gasteiger partial charge in [0.05, 0.1) is 0 Å². The Bertz CT molecular complexity index is 420. The standard InChI is InChI=1S/C14H17NO2/c1-3-5-9-13(14(16)17)15-12-8-6-7-11(4-2)10-12/h2,6-8,10,13,15H,3,5,9H2,1H3,(H,16,17). The molecule has 0 aliphatic heterocycles. The van der Waals surface area contributed by atoms with Crippen molar-refractivity contribution in [2.75, 3.05) is 5.32 Å². The van der Waals surface area contributed by atoms with Crippen LogP contribution in [-0.2, 0) is 4.79 Å². The van der Waals surface area contributed by atoms with Gasteiger partial charge in [-0.3, -0.25) is 0 Å². The Hall–Kier alpha value is -1.95. The zero-order valence-corrected chi connectivity index (χ0v) is 9.94. The summed E-state index contributed by atoms with van der Waals surface area (Å²) in [6.07, 6.45) is 7.78. The lowest BCUT2D eigenvalue weighted by molar-refractivity contribution is -0.138. The number of carboxylic acid groups (broad SMARTS) is 1. The zero-order valence-electron chi connectivity index (χ0n) is 9.94. The lowest BCUT2D eigenvalue weighted by atomic mass is 10.1. The van der Waals surface area contributed by atoms with Gasteiger partial charge in [-0.15, -0.1) is 6.42 Å². The Balaban J connectivity index is 2.72. The maximum atomic E-state index is 11.1. The van der Waals surface area contributed by atoms with Gasteiger partial charge < -0.3 is 10.4 Å². The monoisotopic (exact) mass is 231 g/mol. The van der Waals surface area contributed by atoms with Gasteiger partial charge in [0, 0.05) is 11.3 Å². The van der Waals surface area contributed by atoms with Crippen LogP contribution >= 0.6 is 0 Å². The highest BCUT2D eigenvalue weighted by Crippen LogP contribution is 2.13. The molecule has 0 bridgehead atoms. The smallest absolute Gasteiger partial charge is 0.326 e. The lowest BCUT2D eigenvalue weighted by Gasteiger charge is -2.15. The number of aliphatic carboxylic acids is 1. The van der Waals surface area contributed by atoms with E-state index in [1.54, 1.807) is 6.07 Å². The van der Waals surface area contributed by atoms with Crippen molar-refractivity contribution in [3.63, 3.8) is 0 Å². The molecule has 1 atom stereocenters. The summed E-state index contributed by atoms with van der Waals surface area (Å²) in [7, 11) is 0. The molecule has 3 heteroatoms. The van der Waals surface area contributed by atoms with E-state index >= 15 is 0 Å². The fraction of sp³-hybridized carbons (Fsp3) is 0.357. The number of carboxylic acids is 1. The first kappa shape index (κ1) is 13.1. The summed E-state index contributed by atoms with van der Waals surface area (Å²) in [5.41, 5.74) is 1.50. The lowest BCUT2D eigenvalue weighted by Crippen LogP contribution is -2.29. The minimum atomic E-state index is -0.829. The first-order valence-electron chi connectivity index (χ1n) is 5.73. The van der Waals surface area contributed by atoms with Gasteiger partial charge >= 0.3 is 5.97 Å². The van der Waals surface area contributed by atoms with Crippen molar-refractivity contribution in [1.29, 1.82) is 0 Å². The highest BCUT2D eigenvalue weighted by Gasteiger charge is 2.16. The quantitative estimate of drug-likeness (QED) is 0.740. The molecule has 0 radical (unpaired) electrons. The maximum absolute atomic E-state index is 11.1. The third-order valence-corrected chi connectivity index (χ3v) is 2.51. The average Bonchev–Trinajstić information content (AvgIpc) is 2.34. The number of anilines is 1. The number of nitrogens with one attached hydrogen (secondary N) is 1. The van der Waals surface area contributed by atoms with Crippen LogP contribution in [0.3, 0.4) is 0 Å². The van der Waals surface area contributed by atoms with E-state index in [0.717, 1.165) is 24.1 Å². The molecule has 1 rings (SSSR count). The second kappa shape index (κ2) is 6.59. The number of hydrogen-bond donors (Lipinski definition) is 2. The van der Waals surface area contributed by atoms with Crippen molar-refractivity contribution >= 4 is 11.7 Å². The molecular formula is C14H17NO2. The fourth-order valence-corrected chi connectivity index (χ4v) is 1.57. The Labute approximate surface area is 102 Å². The summed E-state index contributed by atoms with van der Waals surface area (Å²) in [6.45, 7) is 2.04. The number of terminal acetylenes is 1. The molecule has 0 heterocycles. The summed E-state index contributed by atoms with van der Waals surface area (Å²) < 4.78 is 0.